The van der Waals surface area contributed by atoms with Gasteiger partial charge in [0.15, 0.2) is 5.65 Å². The molecule has 1 saturated heterocycles. The average molecular weight is 544 g/mol. The Kier molecular flexibility index (Phi) is 5.57. The van der Waals surface area contributed by atoms with Crippen molar-refractivity contribution in [2.45, 2.75) is 57.4 Å². The van der Waals surface area contributed by atoms with Gasteiger partial charge in [-0.25, -0.2) is 13.8 Å². The van der Waals surface area contributed by atoms with Crippen LogP contribution in [0.4, 0.5) is 14.6 Å². The number of halogens is 2. The van der Waals surface area contributed by atoms with E-state index in [2.05, 4.69) is 18.3 Å². The highest BCUT2D eigenvalue weighted by Crippen LogP contribution is 2.72. The second kappa shape index (κ2) is 8.85. The van der Waals surface area contributed by atoms with E-state index >= 15 is 4.39 Å². The molecule has 7 nitrogen and oxygen atoms in total. The fraction of sp³-hybridized carbons (Fsp3) is 0.484. The summed E-state index contributed by atoms with van der Waals surface area (Å²) < 4.78 is 30.3. The first kappa shape index (κ1) is 25.2. The molecule has 9 heteroatoms. The van der Waals surface area contributed by atoms with Crippen LogP contribution < -0.4 is 15.6 Å². The van der Waals surface area contributed by atoms with E-state index in [0.717, 1.165) is 43.7 Å². The van der Waals surface area contributed by atoms with Gasteiger partial charge in [-0.05, 0) is 93.4 Å². The number of piperidine rings is 1. The SMILES string of the molecule is CC1(NC(=O)c2cn(-c3ccc(F)cc3F)c3nc(N4CCCC(C#N)C4)ccc3c2=O)CC2CC3CC3(C2)C1. The zero-order chi connectivity index (χ0) is 27.8. The molecule has 2 bridgehead atoms. The molecule has 3 heterocycles. The highest BCUT2D eigenvalue weighted by Gasteiger charge is 2.65. The highest BCUT2D eigenvalue weighted by atomic mass is 19.1. The largest absolute Gasteiger partial charge is 0.355 e. The summed E-state index contributed by atoms with van der Waals surface area (Å²) in [6.07, 6.45) is 8.45. The summed E-state index contributed by atoms with van der Waals surface area (Å²) in [5.41, 5.74) is -0.497. The number of benzene rings is 1. The van der Waals surface area contributed by atoms with Gasteiger partial charge >= 0.3 is 0 Å². The number of hydrogen-bond acceptors (Lipinski definition) is 5. The van der Waals surface area contributed by atoms with Crippen molar-refractivity contribution in [3.05, 3.63) is 63.9 Å². The van der Waals surface area contributed by atoms with Crippen molar-refractivity contribution < 1.29 is 13.6 Å². The number of nitriles is 1. The minimum atomic E-state index is -0.833. The lowest BCUT2D eigenvalue weighted by atomic mass is 9.72. The van der Waals surface area contributed by atoms with Crippen LogP contribution in [-0.4, -0.2) is 34.1 Å². The topological polar surface area (TPSA) is 91.0 Å². The molecule has 3 aromatic rings. The predicted molar refractivity (Wildman–Crippen MR) is 146 cm³/mol. The van der Waals surface area contributed by atoms with Crippen LogP contribution in [0.1, 0.15) is 62.2 Å². The first-order valence-corrected chi connectivity index (χ1v) is 14.2. The molecule has 3 aliphatic carbocycles. The smallest absolute Gasteiger partial charge is 0.257 e. The fourth-order valence-electron chi connectivity index (χ4n) is 8.12. The van der Waals surface area contributed by atoms with Gasteiger partial charge in [0, 0.05) is 30.9 Å². The second-order valence-corrected chi connectivity index (χ2v) is 12.8. The van der Waals surface area contributed by atoms with Crippen LogP contribution in [0.15, 0.2) is 41.3 Å². The van der Waals surface area contributed by atoms with E-state index in [9.17, 15) is 19.2 Å². The number of nitrogens with zero attached hydrogens (tertiary/aromatic N) is 4. The number of fused-ring (bicyclic) bond motifs is 2. The van der Waals surface area contributed by atoms with Crippen LogP contribution in [0.3, 0.4) is 0 Å². The average Bonchev–Trinajstić information content (AvgIpc) is 3.48. The lowest BCUT2D eigenvalue weighted by Gasteiger charge is -2.40. The van der Waals surface area contributed by atoms with Gasteiger partial charge in [0.1, 0.15) is 23.0 Å². The van der Waals surface area contributed by atoms with Crippen molar-refractivity contribution in [3.8, 4) is 11.8 Å². The predicted octanol–water partition coefficient (Wildman–Crippen LogP) is 5.10. The van der Waals surface area contributed by atoms with Crippen molar-refractivity contribution >= 4 is 22.8 Å². The maximum Gasteiger partial charge on any atom is 0.257 e. The summed E-state index contributed by atoms with van der Waals surface area (Å²) in [6, 6.07) is 8.83. The van der Waals surface area contributed by atoms with Crippen molar-refractivity contribution in [1.82, 2.24) is 14.9 Å². The maximum atomic E-state index is 15.1. The molecule has 5 atom stereocenters. The maximum absolute atomic E-state index is 15.1. The summed E-state index contributed by atoms with van der Waals surface area (Å²) in [4.78, 5) is 34.1. The lowest BCUT2D eigenvalue weighted by Crippen LogP contribution is -2.51. The molecule has 5 unspecified atom stereocenters. The first-order chi connectivity index (χ1) is 19.2. The van der Waals surface area contributed by atoms with E-state index in [0.29, 0.717) is 30.2 Å². The summed E-state index contributed by atoms with van der Waals surface area (Å²) in [5, 5.41) is 12.8. The minimum absolute atomic E-state index is 0.0136. The number of anilines is 1. The Hall–Kier alpha value is -3.80. The third-order valence-corrected chi connectivity index (χ3v) is 9.75. The standard InChI is InChI=1S/C31H31F2N5O2/c1-30(11-19-9-20-13-31(20,12-19)17-30)36-29(40)23-16-38(25-6-4-21(32)10-24(25)33)28-22(27(23)39)5-7-26(35-28)37-8-2-3-18(14-34)15-37/h4-7,10,16,18-20H,2-3,8-9,11-13,15,17H2,1H3,(H,36,40). The van der Waals surface area contributed by atoms with Crippen LogP contribution in [0, 0.1) is 46.1 Å². The van der Waals surface area contributed by atoms with Crippen LogP contribution in [0.25, 0.3) is 16.7 Å². The van der Waals surface area contributed by atoms with Gasteiger partial charge in [-0.3, -0.25) is 14.2 Å². The van der Waals surface area contributed by atoms with Crippen molar-refractivity contribution in [2.24, 2.45) is 23.2 Å². The number of rotatable bonds is 4. The molecule has 1 aliphatic heterocycles. The molecule has 3 saturated carbocycles. The Balaban J connectivity index is 1.31. The van der Waals surface area contributed by atoms with Gasteiger partial charge in [0.05, 0.1) is 23.1 Å². The summed E-state index contributed by atoms with van der Waals surface area (Å²) in [6.45, 7) is 3.28. The number of carbonyl (C=O) groups excluding carboxylic acids is 1. The molecule has 40 heavy (non-hydrogen) atoms. The van der Waals surface area contributed by atoms with Crippen LogP contribution in [-0.2, 0) is 0 Å². The second-order valence-electron chi connectivity index (χ2n) is 12.8. The molecule has 0 radical (unpaired) electrons. The Bertz CT molecular complexity index is 1660. The molecule has 1 aromatic carbocycles. The van der Waals surface area contributed by atoms with Crippen molar-refractivity contribution in [2.75, 3.05) is 18.0 Å². The summed E-state index contributed by atoms with van der Waals surface area (Å²) in [5.74, 6) is -0.263. The van der Waals surface area contributed by atoms with E-state index in [-0.39, 0.29) is 28.2 Å². The fourth-order valence-corrected chi connectivity index (χ4v) is 8.12. The van der Waals surface area contributed by atoms with Gasteiger partial charge in [-0.15, -0.1) is 0 Å². The quantitative estimate of drug-likeness (QED) is 0.494. The zero-order valence-electron chi connectivity index (χ0n) is 22.4. The van der Waals surface area contributed by atoms with Crippen molar-refractivity contribution in [3.63, 3.8) is 0 Å². The number of hydrogen-bond donors (Lipinski definition) is 1. The lowest BCUT2D eigenvalue weighted by molar-refractivity contribution is 0.0827. The number of amides is 1. The Morgan fingerprint density at radius 2 is 2.05 bits per heavy atom. The van der Waals surface area contributed by atoms with Crippen molar-refractivity contribution in [1.29, 1.82) is 5.26 Å². The number of nitrogens with one attached hydrogen (secondary N) is 1. The normalized spacial score (nSPS) is 30.6. The number of carbonyl (C=O) groups is 1. The van der Waals surface area contributed by atoms with Crippen LogP contribution >= 0.6 is 0 Å². The molecule has 1 spiro atoms. The molecule has 1 N–H and O–H groups in total. The van der Waals surface area contributed by atoms with Gasteiger partial charge in [-0.1, -0.05) is 0 Å². The summed E-state index contributed by atoms with van der Waals surface area (Å²) in [7, 11) is 0. The first-order valence-electron chi connectivity index (χ1n) is 14.2. The number of aromatic nitrogens is 2. The van der Waals surface area contributed by atoms with E-state index in [1.54, 1.807) is 12.1 Å². The molecule has 2 aromatic heterocycles. The minimum Gasteiger partial charge on any atom is -0.355 e. The van der Waals surface area contributed by atoms with E-state index in [1.807, 2.05) is 4.90 Å². The molecule has 1 amide bonds. The Morgan fingerprint density at radius 3 is 2.83 bits per heavy atom. The third-order valence-electron chi connectivity index (χ3n) is 9.75. The van der Waals surface area contributed by atoms with Gasteiger partial charge in [0.2, 0.25) is 5.43 Å². The third kappa shape index (κ3) is 4.07. The molecular weight excluding hydrogens is 512 g/mol. The van der Waals surface area contributed by atoms with Crippen LogP contribution in [0.2, 0.25) is 0 Å². The van der Waals surface area contributed by atoms with Gasteiger partial charge in [-0.2, -0.15) is 5.26 Å². The van der Waals surface area contributed by atoms with E-state index in [4.69, 9.17) is 4.98 Å². The Morgan fingerprint density at radius 1 is 1.20 bits per heavy atom. The van der Waals surface area contributed by atoms with Crippen LogP contribution in [0.5, 0.6) is 0 Å². The van der Waals surface area contributed by atoms with Gasteiger partial charge in [0.25, 0.3) is 5.91 Å². The number of pyridine rings is 2. The van der Waals surface area contributed by atoms with Gasteiger partial charge < -0.3 is 10.2 Å². The zero-order valence-corrected chi connectivity index (χ0v) is 22.4. The van der Waals surface area contributed by atoms with E-state index < -0.39 is 28.5 Å². The Labute approximate surface area is 230 Å². The highest BCUT2D eigenvalue weighted by molar-refractivity contribution is 5.97. The van der Waals surface area contributed by atoms with E-state index in [1.165, 1.54) is 36.1 Å². The monoisotopic (exact) mass is 543 g/mol. The summed E-state index contributed by atoms with van der Waals surface area (Å²) >= 11 is 0. The molecule has 206 valence electrons. The molecule has 7 rings (SSSR count). The molecule has 4 fully saturated rings. The molecule has 4 aliphatic rings. The molecular formula is C31H31F2N5O2.